The van der Waals surface area contributed by atoms with E-state index in [1.165, 1.54) is 30.3 Å². The van der Waals surface area contributed by atoms with Crippen LogP contribution >= 0.6 is 23.4 Å². The van der Waals surface area contributed by atoms with Gasteiger partial charge < -0.3 is 9.47 Å². The Morgan fingerprint density at radius 2 is 1.86 bits per heavy atom. The first-order chi connectivity index (χ1) is 17.8. The molecular formula is C26H20ClFN2O6S. The molecule has 0 saturated carbocycles. The summed E-state index contributed by atoms with van der Waals surface area (Å²) in [5, 5.41) is 10.8. The van der Waals surface area contributed by atoms with E-state index in [0.29, 0.717) is 29.2 Å². The van der Waals surface area contributed by atoms with Gasteiger partial charge in [0.2, 0.25) is 0 Å². The van der Waals surface area contributed by atoms with Crippen molar-refractivity contribution in [2.24, 2.45) is 0 Å². The van der Waals surface area contributed by atoms with Gasteiger partial charge in [-0.1, -0.05) is 35.9 Å². The van der Waals surface area contributed by atoms with E-state index in [2.05, 4.69) is 0 Å². The van der Waals surface area contributed by atoms with Crippen LogP contribution in [0.2, 0.25) is 5.02 Å². The van der Waals surface area contributed by atoms with Gasteiger partial charge in [0, 0.05) is 16.7 Å². The van der Waals surface area contributed by atoms with E-state index < -0.39 is 21.9 Å². The number of halogens is 2. The number of thioether (sulfide) groups is 1. The molecule has 1 fully saturated rings. The third-order valence-corrected chi connectivity index (χ3v) is 6.65. The van der Waals surface area contributed by atoms with Gasteiger partial charge in [-0.05, 0) is 60.7 Å². The Hall–Kier alpha value is -3.89. The van der Waals surface area contributed by atoms with Crippen molar-refractivity contribution in [3.8, 4) is 11.5 Å². The number of para-hydroxylation sites is 1. The monoisotopic (exact) mass is 542 g/mol. The summed E-state index contributed by atoms with van der Waals surface area (Å²) in [4.78, 5) is 37.3. The molecule has 0 atom stereocenters. The van der Waals surface area contributed by atoms with Crippen LogP contribution in [0.1, 0.15) is 23.6 Å². The molecule has 0 aromatic heterocycles. The van der Waals surface area contributed by atoms with Gasteiger partial charge in [0.15, 0.2) is 11.5 Å². The summed E-state index contributed by atoms with van der Waals surface area (Å²) in [6.07, 6.45) is 1.53. The maximum Gasteiger partial charge on any atom is 0.293 e. The number of benzene rings is 3. The molecule has 1 heterocycles. The highest BCUT2D eigenvalue weighted by molar-refractivity contribution is 8.18. The lowest BCUT2D eigenvalue weighted by atomic mass is 10.1. The van der Waals surface area contributed by atoms with Gasteiger partial charge in [-0.25, -0.2) is 4.39 Å². The fourth-order valence-corrected chi connectivity index (χ4v) is 4.66. The van der Waals surface area contributed by atoms with Gasteiger partial charge in [0.05, 0.1) is 28.5 Å². The van der Waals surface area contributed by atoms with Crippen LogP contribution in [0.3, 0.4) is 0 Å². The summed E-state index contributed by atoms with van der Waals surface area (Å²) in [6, 6.07) is 15.3. The van der Waals surface area contributed by atoms with Gasteiger partial charge in [0.1, 0.15) is 12.4 Å². The summed E-state index contributed by atoms with van der Waals surface area (Å²) in [6.45, 7) is 1.78. The third kappa shape index (κ3) is 5.92. The number of nitro groups is 1. The Kier molecular flexibility index (Phi) is 8.10. The zero-order valence-corrected chi connectivity index (χ0v) is 21.1. The molecule has 0 aliphatic carbocycles. The molecule has 0 bridgehead atoms. The predicted octanol–water partition coefficient (Wildman–Crippen LogP) is 6.60. The first-order valence-corrected chi connectivity index (χ1v) is 12.3. The maximum atomic E-state index is 14.2. The lowest BCUT2D eigenvalue weighted by Gasteiger charge is -2.14. The predicted molar refractivity (Wildman–Crippen MR) is 138 cm³/mol. The molecule has 37 heavy (non-hydrogen) atoms. The molecular weight excluding hydrogens is 523 g/mol. The molecule has 2 amide bonds. The molecule has 0 spiro atoms. The van der Waals surface area contributed by atoms with Gasteiger partial charge in [-0.15, -0.1) is 0 Å². The minimum Gasteiger partial charge on any atom is -0.490 e. The molecule has 190 valence electrons. The van der Waals surface area contributed by atoms with Gasteiger partial charge in [-0.3, -0.25) is 24.6 Å². The van der Waals surface area contributed by atoms with Crippen LogP contribution in [-0.2, 0) is 17.9 Å². The fourth-order valence-electron chi connectivity index (χ4n) is 3.60. The molecule has 1 aliphatic rings. The summed E-state index contributed by atoms with van der Waals surface area (Å²) in [5.74, 6) is -0.441. The second-order valence-corrected chi connectivity index (χ2v) is 9.18. The normalized spacial score (nSPS) is 14.4. The van der Waals surface area contributed by atoms with Gasteiger partial charge in [0.25, 0.3) is 16.8 Å². The summed E-state index contributed by atoms with van der Waals surface area (Å²) in [5.41, 5.74) is 0.981. The van der Waals surface area contributed by atoms with Crippen LogP contribution in [0.4, 0.5) is 14.9 Å². The number of ether oxygens (including phenoxy) is 2. The summed E-state index contributed by atoms with van der Waals surface area (Å²) < 4.78 is 25.6. The third-order valence-electron chi connectivity index (χ3n) is 5.39. The lowest BCUT2D eigenvalue weighted by molar-refractivity contribution is -0.385. The highest BCUT2D eigenvalue weighted by Crippen LogP contribution is 2.36. The number of nitro benzene ring substituents is 1. The maximum absolute atomic E-state index is 14.2. The van der Waals surface area contributed by atoms with E-state index in [-0.39, 0.29) is 34.3 Å². The van der Waals surface area contributed by atoms with Crippen LogP contribution < -0.4 is 9.47 Å². The number of amides is 2. The van der Waals surface area contributed by atoms with Crippen molar-refractivity contribution in [2.75, 3.05) is 6.61 Å². The van der Waals surface area contributed by atoms with Crippen LogP contribution in [0.15, 0.2) is 65.6 Å². The van der Waals surface area contributed by atoms with E-state index in [1.54, 1.807) is 43.3 Å². The van der Waals surface area contributed by atoms with E-state index in [1.807, 2.05) is 0 Å². The molecule has 0 N–H and O–H groups in total. The van der Waals surface area contributed by atoms with Gasteiger partial charge in [-0.2, -0.15) is 0 Å². The standard InChI is InChI=1S/C26H20ClFN2O6S/c1-2-35-23-12-16(10-11-22(23)36-15-17-6-3-4-9-21(17)30(33)34)13-24-25(31)29(26(32)37-24)14-18-19(27)7-5-8-20(18)28/h3-13H,2,14-15H2,1H3/b24-13+. The molecule has 1 saturated heterocycles. The molecule has 3 aromatic rings. The lowest BCUT2D eigenvalue weighted by Crippen LogP contribution is -2.28. The van der Waals surface area contributed by atoms with E-state index in [9.17, 15) is 24.1 Å². The Bertz CT molecular complexity index is 1390. The van der Waals surface area contributed by atoms with Crippen LogP contribution in [-0.4, -0.2) is 27.6 Å². The van der Waals surface area contributed by atoms with Crippen molar-refractivity contribution in [1.82, 2.24) is 4.90 Å². The molecule has 11 heteroatoms. The number of carbonyl (C=O) groups is 2. The Morgan fingerprint density at radius 1 is 1.08 bits per heavy atom. The highest BCUT2D eigenvalue weighted by Gasteiger charge is 2.36. The first kappa shape index (κ1) is 26.2. The van der Waals surface area contributed by atoms with Crippen molar-refractivity contribution in [3.63, 3.8) is 0 Å². The smallest absolute Gasteiger partial charge is 0.293 e. The minimum atomic E-state index is -0.603. The topological polar surface area (TPSA) is 99.0 Å². The van der Waals surface area contributed by atoms with E-state index >= 15 is 0 Å². The zero-order valence-electron chi connectivity index (χ0n) is 19.5. The molecule has 0 unspecified atom stereocenters. The van der Waals surface area contributed by atoms with E-state index in [4.69, 9.17) is 21.1 Å². The second-order valence-electron chi connectivity index (χ2n) is 7.78. The number of hydrogen-bond acceptors (Lipinski definition) is 7. The van der Waals surface area contributed by atoms with Crippen LogP contribution in [0, 0.1) is 15.9 Å². The highest BCUT2D eigenvalue weighted by atomic mass is 35.5. The largest absolute Gasteiger partial charge is 0.490 e. The molecule has 3 aromatic carbocycles. The van der Waals surface area contributed by atoms with E-state index in [0.717, 1.165) is 16.7 Å². The van der Waals surface area contributed by atoms with Crippen molar-refractivity contribution in [3.05, 3.63) is 103 Å². The Morgan fingerprint density at radius 3 is 2.59 bits per heavy atom. The number of nitrogens with zero attached hydrogens (tertiary/aromatic N) is 2. The molecule has 1 aliphatic heterocycles. The summed E-state index contributed by atoms with van der Waals surface area (Å²) in [7, 11) is 0. The average Bonchev–Trinajstić information content (AvgIpc) is 3.13. The molecule has 0 radical (unpaired) electrons. The van der Waals surface area contributed by atoms with Gasteiger partial charge >= 0.3 is 0 Å². The Labute approximate surface area is 220 Å². The quantitative estimate of drug-likeness (QED) is 0.170. The summed E-state index contributed by atoms with van der Waals surface area (Å²) >= 11 is 6.79. The van der Waals surface area contributed by atoms with Crippen LogP contribution in [0.25, 0.3) is 6.08 Å². The Balaban J connectivity index is 1.54. The second kappa shape index (κ2) is 11.4. The average molecular weight is 543 g/mol. The number of rotatable bonds is 9. The first-order valence-electron chi connectivity index (χ1n) is 11.1. The van der Waals surface area contributed by atoms with Crippen molar-refractivity contribution >= 4 is 46.3 Å². The SMILES string of the molecule is CCOc1cc(/C=C2/SC(=O)N(Cc3c(F)cccc3Cl)C2=O)ccc1OCc1ccccc1[N+](=O)[O-]. The van der Waals surface area contributed by atoms with Crippen LogP contribution in [0.5, 0.6) is 11.5 Å². The number of carbonyl (C=O) groups excluding carboxylic acids is 2. The molecule has 4 rings (SSSR count). The zero-order chi connectivity index (χ0) is 26.5. The number of imide groups is 1. The van der Waals surface area contributed by atoms with Crippen molar-refractivity contribution in [1.29, 1.82) is 0 Å². The van der Waals surface area contributed by atoms with Crippen molar-refractivity contribution < 1.29 is 28.4 Å². The minimum absolute atomic E-state index is 0.0476. The number of hydrogen-bond donors (Lipinski definition) is 0. The fraction of sp³-hybridized carbons (Fsp3) is 0.154. The van der Waals surface area contributed by atoms with Crippen molar-refractivity contribution in [2.45, 2.75) is 20.1 Å². The molecule has 8 nitrogen and oxygen atoms in total.